The van der Waals surface area contributed by atoms with Gasteiger partial charge in [-0.2, -0.15) is 0 Å². The Kier molecular flexibility index (Phi) is 6.34. The van der Waals surface area contributed by atoms with Gasteiger partial charge in [0.05, 0.1) is 0 Å². The summed E-state index contributed by atoms with van der Waals surface area (Å²) < 4.78 is 0. The first-order valence-corrected chi connectivity index (χ1v) is 6.50. The molecular weight excluding hydrogens is 278 g/mol. The molecule has 0 unspecified atom stereocenters. The number of nitrogens with one attached hydrogen (secondary N) is 3. The van der Waals surface area contributed by atoms with Crippen molar-refractivity contribution >= 4 is 17.9 Å². The third kappa shape index (κ3) is 6.04. The maximum Gasteiger partial charge on any atom is 0.326 e. The number of carboxylic acid groups (broad SMARTS) is 1. The number of anilines is 1. The molecule has 0 bridgehead atoms. The Balaban J connectivity index is 2.60. The largest absolute Gasteiger partial charge is 0.480 e. The van der Waals surface area contributed by atoms with Crippen molar-refractivity contribution in [1.29, 1.82) is 0 Å². The van der Waals surface area contributed by atoms with Gasteiger partial charge in [-0.25, -0.2) is 14.6 Å². The maximum absolute atomic E-state index is 11.7. The number of nitrogens with zero attached hydrogens (tertiary/aromatic N) is 1. The zero-order chi connectivity index (χ0) is 15.8. The number of carboxylic acids is 1. The first kappa shape index (κ1) is 16.6. The number of carbonyl (C=O) groups is 2. The van der Waals surface area contributed by atoms with Crippen LogP contribution in [-0.2, 0) is 4.79 Å². The van der Waals surface area contributed by atoms with Crippen molar-refractivity contribution in [2.45, 2.75) is 32.2 Å². The highest BCUT2D eigenvalue weighted by Crippen LogP contribution is 2.02. The van der Waals surface area contributed by atoms with E-state index in [0.717, 1.165) is 0 Å². The van der Waals surface area contributed by atoms with E-state index in [1.807, 2.05) is 0 Å². The summed E-state index contributed by atoms with van der Waals surface area (Å²) in [5.41, 5.74) is 5.36. The normalized spacial score (nSPS) is 11.7. The monoisotopic (exact) mass is 297 g/mol. The summed E-state index contributed by atoms with van der Waals surface area (Å²) in [6.07, 6.45) is 1.55. The third-order valence-corrected chi connectivity index (χ3v) is 2.65. The molecule has 1 heterocycles. The van der Waals surface area contributed by atoms with E-state index in [2.05, 4.69) is 20.6 Å². The predicted molar refractivity (Wildman–Crippen MR) is 76.1 cm³/mol. The molecule has 0 saturated heterocycles. The smallest absolute Gasteiger partial charge is 0.326 e. The molecule has 6 N–H and O–H groups in total. The number of amides is 2. The van der Waals surface area contributed by atoms with Gasteiger partial charge in [-0.15, -0.1) is 0 Å². The Labute approximate surface area is 121 Å². The van der Waals surface area contributed by atoms with Crippen molar-refractivity contribution in [3.8, 4) is 0 Å². The fourth-order valence-corrected chi connectivity index (χ4v) is 1.69. The van der Waals surface area contributed by atoms with Crippen LogP contribution in [0.5, 0.6) is 0 Å². The topological polar surface area (TPSA) is 150 Å². The van der Waals surface area contributed by atoms with Gasteiger partial charge in [0.15, 0.2) is 0 Å². The molecule has 1 aromatic heterocycles. The number of aryl methyl sites for hydroxylation is 1. The Morgan fingerprint density at radius 2 is 2.19 bits per heavy atom. The summed E-state index contributed by atoms with van der Waals surface area (Å²) in [7, 11) is 0. The van der Waals surface area contributed by atoms with Crippen LogP contribution in [0.2, 0.25) is 0 Å². The molecule has 0 radical (unpaired) electrons. The highest BCUT2D eigenvalue weighted by atomic mass is 16.4. The number of aromatic nitrogens is 2. The molecule has 1 atom stereocenters. The van der Waals surface area contributed by atoms with Crippen LogP contribution in [0.25, 0.3) is 0 Å². The van der Waals surface area contributed by atoms with Crippen molar-refractivity contribution in [2.24, 2.45) is 5.73 Å². The van der Waals surface area contributed by atoms with Crippen molar-refractivity contribution < 1.29 is 14.7 Å². The van der Waals surface area contributed by atoms with Gasteiger partial charge in [0.25, 0.3) is 5.56 Å². The van der Waals surface area contributed by atoms with Gasteiger partial charge >= 0.3 is 12.0 Å². The fourth-order valence-electron chi connectivity index (χ4n) is 1.69. The molecule has 1 aromatic rings. The number of carbonyl (C=O) groups excluding carboxylic acids is 1. The summed E-state index contributed by atoms with van der Waals surface area (Å²) in [6.45, 7) is 2.07. The molecule has 0 aromatic carbocycles. The number of unbranched alkanes of at least 4 members (excludes halogenated alkanes) is 1. The molecule has 0 fully saturated rings. The van der Waals surface area contributed by atoms with Crippen molar-refractivity contribution in [1.82, 2.24) is 15.3 Å². The lowest BCUT2D eigenvalue weighted by atomic mass is 10.1. The molecule has 0 aliphatic rings. The molecule has 0 aliphatic heterocycles. The van der Waals surface area contributed by atoms with Crippen LogP contribution in [0.1, 0.15) is 25.0 Å². The number of hydrogen-bond donors (Lipinski definition) is 5. The first-order chi connectivity index (χ1) is 9.92. The lowest BCUT2D eigenvalue weighted by molar-refractivity contribution is -0.139. The van der Waals surface area contributed by atoms with Crippen LogP contribution < -0.4 is 21.9 Å². The second kappa shape index (κ2) is 8.00. The van der Waals surface area contributed by atoms with E-state index in [0.29, 0.717) is 25.1 Å². The number of nitrogens with two attached hydrogens (primary N) is 1. The van der Waals surface area contributed by atoms with E-state index in [4.69, 9.17) is 10.8 Å². The molecule has 2 amide bonds. The molecule has 0 aliphatic carbocycles. The lowest BCUT2D eigenvalue weighted by Crippen LogP contribution is -2.43. The Morgan fingerprint density at radius 1 is 1.48 bits per heavy atom. The highest BCUT2D eigenvalue weighted by Gasteiger charge is 2.19. The van der Waals surface area contributed by atoms with Crippen molar-refractivity contribution in [3.05, 3.63) is 22.1 Å². The summed E-state index contributed by atoms with van der Waals surface area (Å²) >= 11 is 0. The Morgan fingerprint density at radius 3 is 2.76 bits per heavy atom. The predicted octanol–water partition coefficient (Wildman–Crippen LogP) is -0.218. The number of urea groups is 1. The molecule has 1 rings (SSSR count). The average Bonchev–Trinajstić information content (AvgIpc) is 2.36. The summed E-state index contributed by atoms with van der Waals surface area (Å²) in [5.74, 6) is -1.17. The molecule has 0 spiro atoms. The highest BCUT2D eigenvalue weighted by molar-refractivity contribution is 5.90. The van der Waals surface area contributed by atoms with Gasteiger partial charge in [0.2, 0.25) is 5.95 Å². The molecule has 21 heavy (non-hydrogen) atoms. The van der Waals surface area contributed by atoms with E-state index >= 15 is 0 Å². The zero-order valence-corrected chi connectivity index (χ0v) is 11.7. The summed E-state index contributed by atoms with van der Waals surface area (Å²) in [5, 5.41) is 13.6. The van der Waals surface area contributed by atoms with E-state index in [-0.39, 0.29) is 12.4 Å². The fraction of sp³-hybridized carbons (Fsp3) is 0.500. The van der Waals surface area contributed by atoms with Gasteiger partial charge in [0, 0.05) is 11.8 Å². The molecule has 9 nitrogen and oxygen atoms in total. The first-order valence-electron chi connectivity index (χ1n) is 6.50. The van der Waals surface area contributed by atoms with Crippen LogP contribution in [0.4, 0.5) is 10.7 Å². The number of hydrogen-bond acceptors (Lipinski definition) is 5. The average molecular weight is 297 g/mol. The minimum atomic E-state index is -1.13. The van der Waals surface area contributed by atoms with Crippen LogP contribution in [0.15, 0.2) is 10.9 Å². The number of aliphatic carboxylic acids is 1. The maximum atomic E-state index is 11.7. The lowest BCUT2D eigenvalue weighted by Gasteiger charge is -2.14. The standard InChI is InChI=1S/C12H19N5O4/c1-7-6-9(18)16-11(14-7)17-12(21)15-8(10(19)20)4-2-3-5-13/h6,8H,2-5,13H2,1H3,(H,19,20)(H3,14,15,16,17,18,21)/t8-/m0/s1. The Hall–Kier alpha value is -2.42. The second-order valence-electron chi connectivity index (χ2n) is 4.51. The van der Waals surface area contributed by atoms with E-state index in [1.54, 1.807) is 6.92 Å². The molecule has 9 heteroatoms. The number of H-pyrrole nitrogens is 1. The SMILES string of the molecule is Cc1cc(=O)[nH]c(NC(=O)N[C@@H](CCCCN)C(=O)O)n1. The van der Waals surface area contributed by atoms with Crippen LogP contribution >= 0.6 is 0 Å². The van der Waals surface area contributed by atoms with E-state index in [1.165, 1.54) is 6.07 Å². The minimum Gasteiger partial charge on any atom is -0.480 e. The Bertz CT molecular complexity index is 557. The number of aromatic amines is 1. The summed E-state index contributed by atoms with van der Waals surface area (Å²) in [4.78, 5) is 40.2. The van der Waals surface area contributed by atoms with Gasteiger partial charge < -0.3 is 16.2 Å². The molecule has 0 saturated carbocycles. The van der Waals surface area contributed by atoms with E-state index < -0.39 is 23.6 Å². The van der Waals surface area contributed by atoms with Crippen molar-refractivity contribution in [3.63, 3.8) is 0 Å². The molecular formula is C12H19N5O4. The van der Waals surface area contributed by atoms with Gasteiger partial charge in [0.1, 0.15) is 6.04 Å². The van der Waals surface area contributed by atoms with E-state index in [9.17, 15) is 14.4 Å². The number of rotatable bonds is 7. The minimum absolute atomic E-state index is 0.0383. The van der Waals surface area contributed by atoms with Crippen LogP contribution in [-0.4, -0.2) is 39.7 Å². The quantitative estimate of drug-likeness (QED) is 0.439. The van der Waals surface area contributed by atoms with Crippen molar-refractivity contribution in [2.75, 3.05) is 11.9 Å². The third-order valence-electron chi connectivity index (χ3n) is 2.65. The van der Waals surface area contributed by atoms with Gasteiger partial charge in [-0.05, 0) is 32.7 Å². The summed E-state index contributed by atoms with van der Waals surface area (Å²) in [6, 6.07) is -0.493. The zero-order valence-electron chi connectivity index (χ0n) is 11.7. The second-order valence-corrected chi connectivity index (χ2v) is 4.51. The van der Waals surface area contributed by atoms with Gasteiger partial charge in [-0.3, -0.25) is 15.1 Å². The van der Waals surface area contributed by atoms with Crippen LogP contribution in [0, 0.1) is 6.92 Å². The molecule has 116 valence electrons. The van der Waals surface area contributed by atoms with Crippen LogP contribution in [0.3, 0.4) is 0 Å². The van der Waals surface area contributed by atoms with Gasteiger partial charge in [-0.1, -0.05) is 0 Å².